The molecule has 3 heteroatoms. The fourth-order valence-corrected chi connectivity index (χ4v) is 1.35. The molecule has 3 nitrogen and oxygen atoms in total. The lowest BCUT2D eigenvalue weighted by atomic mass is 10.2. The molecule has 2 N–H and O–H groups in total. The van der Waals surface area contributed by atoms with E-state index in [-0.39, 0.29) is 0 Å². The molecule has 0 aliphatic carbocycles. The number of hydrogen-bond acceptors (Lipinski definition) is 1. The van der Waals surface area contributed by atoms with Gasteiger partial charge >= 0.3 is 5.97 Å². The molecule has 2 aromatic rings. The van der Waals surface area contributed by atoms with Crippen molar-refractivity contribution in [1.29, 1.82) is 0 Å². The molecule has 1 heterocycles. The summed E-state index contributed by atoms with van der Waals surface area (Å²) in [5, 5.41) is 9.53. The number of nitrogens with one attached hydrogen (secondary N) is 1. The third kappa shape index (κ3) is 1.66. The molecule has 1 aromatic heterocycles. The Balaban J connectivity index is 2.40. The van der Waals surface area contributed by atoms with Gasteiger partial charge in [-0.3, -0.25) is 0 Å². The molecule has 0 fully saturated rings. The molecule has 0 unspecified atom stereocenters. The van der Waals surface area contributed by atoms with Crippen molar-refractivity contribution in [3.63, 3.8) is 0 Å². The van der Waals surface area contributed by atoms with E-state index in [1.54, 1.807) is 6.08 Å². The molecule has 1 aromatic carbocycles. The average Bonchev–Trinajstić information content (AvgIpc) is 2.57. The highest BCUT2D eigenvalue weighted by molar-refractivity contribution is 5.87. The van der Waals surface area contributed by atoms with Crippen LogP contribution in [0.2, 0.25) is 0 Å². The number of fused-ring (bicyclic) bond motifs is 1. The van der Waals surface area contributed by atoms with Crippen LogP contribution in [0.4, 0.5) is 0 Å². The van der Waals surface area contributed by atoms with E-state index in [0.717, 1.165) is 22.7 Å². The summed E-state index contributed by atoms with van der Waals surface area (Å²) in [4.78, 5) is 13.4. The van der Waals surface area contributed by atoms with E-state index >= 15 is 0 Å². The first kappa shape index (κ1) is 8.56. The average molecular weight is 187 g/mol. The van der Waals surface area contributed by atoms with Crippen molar-refractivity contribution in [1.82, 2.24) is 4.98 Å². The standard InChI is InChI=1S/C11H9NO2/c13-11(14)6-5-9-7-8-3-1-2-4-10(8)12-9/h1-7,12H,(H,13,14)/b6-5+. The summed E-state index contributed by atoms with van der Waals surface area (Å²) in [6, 6.07) is 9.72. The lowest BCUT2D eigenvalue weighted by molar-refractivity contribution is -0.131. The van der Waals surface area contributed by atoms with Gasteiger partial charge in [0.15, 0.2) is 0 Å². The lowest BCUT2D eigenvalue weighted by Gasteiger charge is -1.84. The molecule has 0 aliphatic rings. The van der Waals surface area contributed by atoms with Crippen molar-refractivity contribution < 1.29 is 9.90 Å². The molecule has 0 spiro atoms. The van der Waals surface area contributed by atoms with Crippen LogP contribution in [0.1, 0.15) is 5.69 Å². The van der Waals surface area contributed by atoms with E-state index in [0.29, 0.717) is 0 Å². The number of para-hydroxylation sites is 1. The van der Waals surface area contributed by atoms with Crippen LogP contribution in [0.5, 0.6) is 0 Å². The van der Waals surface area contributed by atoms with Crippen molar-refractivity contribution in [3.05, 3.63) is 42.1 Å². The first-order valence-electron chi connectivity index (χ1n) is 4.24. The Bertz CT molecular complexity index is 464. The molecular formula is C11H9NO2. The minimum absolute atomic E-state index is 0.800. The van der Waals surface area contributed by atoms with Gasteiger partial charge in [0.1, 0.15) is 0 Å². The zero-order valence-corrected chi connectivity index (χ0v) is 7.40. The first-order chi connectivity index (χ1) is 6.75. The van der Waals surface area contributed by atoms with E-state index in [9.17, 15) is 4.79 Å². The van der Waals surface area contributed by atoms with E-state index < -0.39 is 5.97 Å². The minimum atomic E-state index is -0.941. The van der Waals surface area contributed by atoms with Gasteiger partial charge in [0.2, 0.25) is 0 Å². The van der Waals surface area contributed by atoms with E-state index in [1.807, 2.05) is 30.3 Å². The molecule has 0 aliphatic heterocycles. The topological polar surface area (TPSA) is 53.1 Å². The fraction of sp³-hybridized carbons (Fsp3) is 0. The number of benzene rings is 1. The van der Waals surface area contributed by atoms with Gasteiger partial charge in [-0.15, -0.1) is 0 Å². The van der Waals surface area contributed by atoms with Gasteiger partial charge in [-0.2, -0.15) is 0 Å². The SMILES string of the molecule is O=C(O)/C=C/c1cc2ccccc2[nH]1. The van der Waals surface area contributed by atoms with Gasteiger partial charge < -0.3 is 10.1 Å². The van der Waals surface area contributed by atoms with Gasteiger partial charge in [0.25, 0.3) is 0 Å². The second kappa shape index (κ2) is 3.38. The number of aliphatic carboxylic acids is 1. The van der Waals surface area contributed by atoms with Gasteiger partial charge in [0, 0.05) is 17.3 Å². The van der Waals surface area contributed by atoms with E-state index in [4.69, 9.17) is 5.11 Å². The number of aromatic nitrogens is 1. The molecule has 0 atom stereocenters. The van der Waals surface area contributed by atoms with E-state index in [2.05, 4.69) is 4.98 Å². The molecule has 0 radical (unpaired) electrons. The van der Waals surface area contributed by atoms with Crippen LogP contribution in [0.25, 0.3) is 17.0 Å². The summed E-state index contributed by atoms with van der Waals surface area (Å²) in [5.41, 5.74) is 1.81. The van der Waals surface area contributed by atoms with Crippen molar-refractivity contribution in [2.24, 2.45) is 0 Å². The maximum Gasteiger partial charge on any atom is 0.328 e. The monoisotopic (exact) mass is 187 g/mol. The van der Waals surface area contributed by atoms with Crippen molar-refractivity contribution >= 4 is 22.9 Å². The highest BCUT2D eigenvalue weighted by Gasteiger charge is 1.96. The van der Waals surface area contributed by atoms with Crippen molar-refractivity contribution in [2.75, 3.05) is 0 Å². The largest absolute Gasteiger partial charge is 0.478 e. The molecule has 0 bridgehead atoms. The Morgan fingerprint density at radius 3 is 2.86 bits per heavy atom. The normalized spacial score (nSPS) is 11.1. The van der Waals surface area contributed by atoms with Gasteiger partial charge in [-0.05, 0) is 23.6 Å². The fourth-order valence-electron chi connectivity index (χ4n) is 1.35. The molecule has 0 amide bonds. The van der Waals surface area contributed by atoms with Crippen LogP contribution in [-0.4, -0.2) is 16.1 Å². The third-order valence-electron chi connectivity index (χ3n) is 1.96. The summed E-state index contributed by atoms with van der Waals surface area (Å²) in [5.74, 6) is -0.941. The number of hydrogen-bond donors (Lipinski definition) is 2. The van der Waals surface area contributed by atoms with Crippen LogP contribution in [-0.2, 0) is 4.79 Å². The smallest absolute Gasteiger partial charge is 0.328 e. The van der Waals surface area contributed by atoms with Crippen LogP contribution < -0.4 is 0 Å². The number of carboxylic acid groups (broad SMARTS) is 1. The summed E-state index contributed by atoms with van der Waals surface area (Å²) < 4.78 is 0. The Morgan fingerprint density at radius 1 is 1.36 bits per heavy atom. The third-order valence-corrected chi connectivity index (χ3v) is 1.96. The first-order valence-corrected chi connectivity index (χ1v) is 4.24. The number of aromatic amines is 1. The number of H-pyrrole nitrogens is 1. The summed E-state index contributed by atoms with van der Waals surface area (Å²) in [6.07, 6.45) is 2.66. The Morgan fingerprint density at radius 2 is 2.14 bits per heavy atom. The Kier molecular flexibility index (Phi) is 2.07. The van der Waals surface area contributed by atoms with Crippen molar-refractivity contribution in [2.45, 2.75) is 0 Å². The lowest BCUT2D eigenvalue weighted by Crippen LogP contribution is -1.85. The predicted octanol–water partition coefficient (Wildman–Crippen LogP) is 2.27. The molecule has 0 saturated heterocycles. The quantitative estimate of drug-likeness (QED) is 0.708. The van der Waals surface area contributed by atoms with Crippen LogP contribution in [0.3, 0.4) is 0 Å². The highest BCUT2D eigenvalue weighted by atomic mass is 16.4. The van der Waals surface area contributed by atoms with Gasteiger partial charge in [-0.1, -0.05) is 18.2 Å². The molecule has 14 heavy (non-hydrogen) atoms. The highest BCUT2D eigenvalue weighted by Crippen LogP contribution is 2.15. The summed E-state index contributed by atoms with van der Waals surface area (Å²) >= 11 is 0. The second-order valence-corrected chi connectivity index (χ2v) is 2.98. The Hall–Kier alpha value is -2.03. The molecular weight excluding hydrogens is 178 g/mol. The minimum Gasteiger partial charge on any atom is -0.478 e. The number of rotatable bonds is 2. The summed E-state index contributed by atoms with van der Waals surface area (Å²) in [6.45, 7) is 0. The van der Waals surface area contributed by atoms with Gasteiger partial charge in [0.05, 0.1) is 0 Å². The Labute approximate surface area is 80.7 Å². The predicted molar refractivity (Wildman–Crippen MR) is 55.0 cm³/mol. The van der Waals surface area contributed by atoms with Crippen LogP contribution >= 0.6 is 0 Å². The molecule has 0 saturated carbocycles. The number of carboxylic acids is 1. The van der Waals surface area contributed by atoms with Crippen LogP contribution in [0, 0.1) is 0 Å². The molecule has 2 rings (SSSR count). The van der Waals surface area contributed by atoms with Gasteiger partial charge in [-0.25, -0.2) is 4.79 Å². The maximum absolute atomic E-state index is 10.3. The zero-order valence-electron chi connectivity index (χ0n) is 7.40. The van der Waals surface area contributed by atoms with Crippen molar-refractivity contribution in [3.8, 4) is 0 Å². The maximum atomic E-state index is 10.3. The molecule has 70 valence electrons. The summed E-state index contributed by atoms with van der Waals surface area (Å²) in [7, 11) is 0. The zero-order chi connectivity index (χ0) is 9.97. The van der Waals surface area contributed by atoms with Crippen LogP contribution in [0.15, 0.2) is 36.4 Å². The second-order valence-electron chi connectivity index (χ2n) is 2.98. The van der Waals surface area contributed by atoms with E-state index in [1.165, 1.54) is 0 Å². The number of carbonyl (C=O) groups is 1.